The third-order valence-electron chi connectivity index (χ3n) is 3.70. The van der Waals surface area contributed by atoms with Crippen LogP contribution in [0.4, 0.5) is 0 Å². The zero-order valence-electron chi connectivity index (χ0n) is 13.1. The van der Waals surface area contributed by atoms with Gasteiger partial charge >= 0.3 is 0 Å². The summed E-state index contributed by atoms with van der Waals surface area (Å²) >= 11 is 0. The lowest BCUT2D eigenvalue weighted by molar-refractivity contribution is 0.367. The Morgan fingerprint density at radius 1 is 0.895 bits per heavy atom. The molecule has 1 nitrogen and oxygen atoms in total. The molecule has 0 unspecified atom stereocenters. The van der Waals surface area contributed by atoms with Gasteiger partial charge < -0.3 is 0 Å². The number of hydrogen-bond donors (Lipinski definition) is 0. The summed E-state index contributed by atoms with van der Waals surface area (Å²) in [7, 11) is 0. The van der Waals surface area contributed by atoms with E-state index in [1.807, 2.05) is 12.4 Å². The minimum absolute atomic E-state index is 0.822. The Bertz CT molecular complexity index is 304. The standard InChI is InChI=1S/C18H30N/c1-15(2)5-7-17(8-6-16(3)4)9-10-18-11-13-19-14-12-18/h10-17H,5-9H2,1-4H3. The molecule has 1 aromatic heterocycles. The van der Waals surface area contributed by atoms with E-state index in [2.05, 4.69) is 51.2 Å². The van der Waals surface area contributed by atoms with E-state index in [4.69, 9.17) is 0 Å². The quantitative estimate of drug-likeness (QED) is 0.570. The first-order valence-electron chi connectivity index (χ1n) is 7.81. The Hall–Kier alpha value is -0.850. The van der Waals surface area contributed by atoms with Crippen molar-refractivity contribution in [2.75, 3.05) is 0 Å². The van der Waals surface area contributed by atoms with Crippen molar-refractivity contribution < 1.29 is 0 Å². The molecule has 1 aromatic rings. The fourth-order valence-electron chi connectivity index (χ4n) is 2.32. The molecule has 1 heterocycles. The summed E-state index contributed by atoms with van der Waals surface area (Å²) in [5, 5.41) is 0. The zero-order valence-corrected chi connectivity index (χ0v) is 13.1. The van der Waals surface area contributed by atoms with Crippen LogP contribution in [-0.2, 0) is 0 Å². The van der Waals surface area contributed by atoms with Gasteiger partial charge in [0.1, 0.15) is 0 Å². The summed E-state index contributed by atoms with van der Waals surface area (Å²) in [5.74, 6) is 2.49. The largest absolute Gasteiger partial charge is 0.265 e. The monoisotopic (exact) mass is 260 g/mol. The van der Waals surface area contributed by atoms with Gasteiger partial charge in [0.15, 0.2) is 0 Å². The highest BCUT2D eigenvalue weighted by Crippen LogP contribution is 2.25. The first-order chi connectivity index (χ1) is 9.08. The molecule has 1 heteroatoms. The molecular weight excluding hydrogens is 230 g/mol. The molecule has 1 radical (unpaired) electrons. The summed E-state index contributed by atoms with van der Waals surface area (Å²) in [6.45, 7) is 9.30. The Morgan fingerprint density at radius 2 is 1.42 bits per heavy atom. The number of hydrogen-bond acceptors (Lipinski definition) is 1. The van der Waals surface area contributed by atoms with Crippen molar-refractivity contribution in [2.45, 2.75) is 59.8 Å². The van der Waals surface area contributed by atoms with E-state index >= 15 is 0 Å². The molecule has 0 aliphatic heterocycles. The van der Waals surface area contributed by atoms with Crippen molar-refractivity contribution in [1.82, 2.24) is 4.98 Å². The molecular formula is C18H30N. The second kappa shape index (κ2) is 9.12. The van der Waals surface area contributed by atoms with Crippen LogP contribution in [0.15, 0.2) is 24.5 Å². The molecule has 0 amide bonds. The Labute approximate surface area is 119 Å². The Morgan fingerprint density at radius 3 is 1.89 bits per heavy atom. The van der Waals surface area contributed by atoms with Crippen LogP contribution in [-0.4, -0.2) is 4.98 Å². The van der Waals surface area contributed by atoms with Gasteiger partial charge in [-0.15, -0.1) is 0 Å². The molecule has 0 atom stereocenters. The van der Waals surface area contributed by atoms with Gasteiger partial charge in [-0.1, -0.05) is 53.4 Å². The van der Waals surface area contributed by atoms with Crippen molar-refractivity contribution >= 4 is 0 Å². The first-order valence-corrected chi connectivity index (χ1v) is 7.81. The molecule has 19 heavy (non-hydrogen) atoms. The lowest BCUT2D eigenvalue weighted by Crippen LogP contribution is -2.05. The second-order valence-electron chi connectivity index (χ2n) is 6.53. The minimum Gasteiger partial charge on any atom is -0.265 e. The van der Waals surface area contributed by atoms with Crippen LogP contribution in [0.1, 0.15) is 65.4 Å². The van der Waals surface area contributed by atoms with Gasteiger partial charge in [-0.3, -0.25) is 4.98 Å². The molecule has 0 fully saturated rings. The molecule has 0 aliphatic rings. The van der Waals surface area contributed by atoms with Gasteiger partial charge in [-0.2, -0.15) is 0 Å². The fraction of sp³-hybridized carbons (Fsp3) is 0.667. The smallest absolute Gasteiger partial charge is 0.0270 e. The van der Waals surface area contributed by atoms with Crippen LogP contribution in [0, 0.1) is 24.2 Å². The van der Waals surface area contributed by atoms with Crippen molar-refractivity contribution in [3.05, 3.63) is 36.5 Å². The van der Waals surface area contributed by atoms with Crippen molar-refractivity contribution in [3.63, 3.8) is 0 Å². The van der Waals surface area contributed by atoms with Gasteiger partial charge in [-0.05, 0) is 48.3 Å². The van der Waals surface area contributed by atoms with Crippen molar-refractivity contribution in [1.29, 1.82) is 0 Å². The Kier molecular flexibility index (Phi) is 7.78. The van der Waals surface area contributed by atoms with E-state index in [9.17, 15) is 0 Å². The molecule has 0 saturated heterocycles. The Balaban J connectivity index is 2.38. The van der Waals surface area contributed by atoms with Crippen LogP contribution in [0.25, 0.3) is 0 Å². The average molecular weight is 260 g/mol. The SMILES string of the molecule is CC(C)CCC(C[CH]c1ccncc1)CCC(C)C. The summed E-state index contributed by atoms with van der Waals surface area (Å²) in [6.07, 6.45) is 12.8. The van der Waals surface area contributed by atoms with Gasteiger partial charge in [0.05, 0.1) is 0 Å². The summed E-state index contributed by atoms with van der Waals surface area (Å²) in [4.78, 5) is 4.07. The number of rotatable bonds is 9. The highest BCUT2D eigenvalue weighted by Gasteiger charge is 2.11. The van der Waals surface area contributed by atoms with Crippen LogP contribution in [0.5, 0.6) is 0 Å². The highest BCUT2D eigenvalue weighted by molar-refractivity contribution is 5.18. The predicted molar refractivity (Wildman–Crippen MR) is 83.9 cm³/mol. The van der Waals surface area contributed by atoms with Gasteiger partial charge in [-0.25, -0.2) is 0 Å². The predicted octanol–water partition coefficient (Wildman–Crippen LogP) is 5.51. The van der Waals surface area contributed by atoms with Crippen LogP contribution >= 0.6 is 0 Å². The van der Waals surface area contributed by atoms with E-state index < -0.39 is 0 Å². The summed E-state index contributed by atoms with van der Waals surface area (Å²) in [6, 6.07) is 4.20. The highest BCUT2D eigenvalue weighted by atomic mass is 14.6. The molecule has 1 rings (SSSR count). The maximum absolute atomic E-state index is 4.07. The third kappa shape index (κ3) is 8.02. The van der Waals surface area contributed by atoms with E-state index in [0.29, 0.717) is 0 Å². The molecule has 0 N–H and O–H groups in total. The van der Waals surface area contributed by atoms with Crippen molar-refractivity contribution in [2.24, 2.45) is 17.8 Å². The maximum atomic E-state index is 4.07. The zero-order chi connectivity index (χ0) is 14.1. The number of pyridine rings is 1. The minimum atomic E-state index is 0.822. The topological polar surface area (TPSA) is 12.9 Å². The van der Waals surface area contributed by atoms with Crippen molar-refractivity contribution in [3.8, 4) is 0 Å². The van der Waals surface area contributed by atoms with E-state index in [-0.39, 0.29) is 0 Å². The molecule has 107 valence electrons. The molecule has 0 saturated carbocycles. The molecule has 0 bridgehead atoms. The average Bonchev–Trinajstić information content (AvgIpc) is 2.38. The number of nitrogens with zero attached hydrogens (tertiary/aromatic N) is 1. The van der Waals surface area contributed by atoms with E-state index in [1.165, 1.54) is 37.7 Å². The normalized spacial score (nSPS) is 11.7. The van der Waals surface area contributed by atoms with Gasteiger partial charge in [0.2, 0.25) is 0 Å². The first kappa shape index (κ1) is 16.2. The lowest BCUT2D eigenvalue weighted by atomic mass is 9.87. The number of aromatic nitrogens is 1. The molecule has 0 aromatic carbocycles. The summed E-state index contributed by atoms with van der Waals surface area (Å²) in [5.41, 5.74) is 1.31. The maximum Gasteiger partial charge on any atom is 0.0270 e. The van der Waals surface area contributed by atoms with Gasteiger partial charge in [0.25, 0.3) is 0 Å². The fourth-order valence-corrected chi connectivity index (χ4v) is 2.32. The van der Waals surface area contributed by atoms with E-state index in [0.717, 1.165) is 17.8 Å². The molecule has 0 spiro atoms. The molecule has 0 aliphatic carbocycles. The second-order valence-corrected chi connectivity index (χ2v) is 6.53. The van der Waals surface area contributed by atoms with Crippen LogP contribution in [0.3, 0.4) is 0 Å². The summed E-state index contributed by atoms with van der Waals surface area (Å²) < 4.78 is 0. The lowest BCUT2D eigenvalue weighted by Gasteiger charge is -2.19. The third-order valence-corrected chi connectivity index (χ3v) is 3.70. The van der Waals surface area contributed by atoms with Crippen LogP contribution in [0.2, 0.25) is 0 Å². The van der Waals surface area contributed by atoms with Gasteiger partial charge in [0, 0.05) is 12.4 Å². The van der Waals surface area contributed by atoms with Crippen LogP contribution < -0.4 is 0 Å². The van der Waals surface area contributed by atoms with E-state index in [1.54, 1.807) is 0 Å².